The summed E-state index contributed by atoms with van der Waals surface area (Å²) >= 11 is 3.04. The number of nitrogens with zero attached hydrogens (tertiary/aromatic N) is 4. The standard InChI is InChI=1S/C16H17N5OS2/c1-12-3-5-13(6-4-12)23-10-8-17-14(22)11-24-16-19-15-18-7-2-9-21(15)20-16/h2-7,9H,8,10-11H2,1H3,(H,17,22). The smallest absolute Gasteiger partial charge is 0.253 e. The van der Waals surface area contributed by atoms with Crippen molar-refractivity contribution in [2.24, 2.45) is 0 Å². The third-order valence-electron chi connectivity index (χ3n) is 3.14. The highest BCUT2D eigenvalue weighted by atomic mass is 32.2. The molecular formula is C16H17N5OS2. The van der Waals surface area contributed by atoms with E-state index in [-0.39, 0.29) is 5.91 Å². The molecule has 3 rings (SSSR count). The minimum absolute atomic E-state index is 0.0173. The monoisotopic (exact) mass is 359 g/mol. The molecule has 0 unspecified atom stereocenters. The molecule has 24 heavy (non-hydrogen) atoms. The van der Waals surface area contributed by atoms with E-state index in [0.717, 1.165) is 5.75 Å². The highest BCUT2D eigenvalue weighted by Crippen LogP contribution is 2.17. The lowest BCUT2D eigenvalue weighted by Gasteiger charge is -2.04. The number of thioether (sulfide) groups is 2. The summed E-state index contributed by atoms with van der Waals surface area (Å²) < 4.78 is 1.60. The van der Waals surface area contributed by atoms with E-state index in [2.05, 4.69) is 51.6 Å². The van der Waals surface area contributed by atoms with Crippen LogP contribution in [0.4, 0.5) is 0 Å². The average molecular weight is 359 g/mol. The van der Waals surface area contributed by atoms with Gasteiger partial charge in [-0.2, -0.15) is 4.98 Å². The van der Waals surface area contributed by atoms with E-state index in [4.69, 9.17) is 0 Å². The van der Waals surface area contributed by atoms with Crippen molar-refractivity contribution >= 4 is 35.2 Å². The molecule has 1 aromatic carbocycles. The molecule has 0 fully saturated rings. The number of aromatic nitrogens is 4. The van der Waals surface area contributed by atoms with Gasteiger partial charge in [0.2, 0.25) is 11.1 Å². The second-order valence-corrected chi connectivity index (χ2v) is 7.17. The van der Waals surface area contributed by atoms with Crippen molar-refractivity contribution in [1.82, 2.24) is 24.9 Å². The largest absolute Gasteiger partial charge is 0.355 e. The SMILES string of the molecule is Cc1ccc(SCCNC(=O)CSc2nc3ncccn3n2)cc1. The van der Waals surface area contributed by atoms with Crippen molar-refractivity contribution in [1.29, 1.82) is 0 Å². The second-order valence-electron chi connectivity index (χ2n) is 5.06. The number of hydrogen-bond donors (Lipinski definition) is 1. The molecule has 0 aliphatic rings. The number of fused-ring (bicyclic) bond motifs is 1. The first kappa shape index (κ1) is 16.8. The lowest BCUT2D eigenvalue weighted by Crippen LogP contribution is -2.27. The van der Waals surface area contributed by atoms with Gasteiger partial charge in [-0.25, -0.2) is 9.50 Å². The van der Waals surface area contributed by atoms with Crippen LogP contribution in [0.3, 0.4) is 0 Å². The Balaban J connectivity index is 1.37. The van der Waals surface area contributed by atoms with Crippen molar-refractivity contribution in [3.8, 4) is 0 Å². The summed E-state index contributed by atoms with van der Waals surface area (Å²) in [6.45, 7) is 2.71. The maximum absolute atomic E-state index is 11.9. The Labute approximate surface area is 148 Å². The minimum Gasteiger partial charge on any atom is -0.355 e. The van der Waals surface area contributed by atoms with Crippen LogP contribution in [-0.2, 0) is 4.79 Å². The molecule has 0 spiro atoms. The third-order valence-corrected chi connectivity index (χ3v) is 4.99. The van der Waals surface area contributed by atoms with Crippen molar-refractivity contribution in [3.05, 3.63) is 48.3 Å². The number of amides is 1. The Morgan fingerprint density at radius 1 is 1.25 bits per heavy atom. The predicted molar refractivity (Wildman–Crippen MR) is 96.4 cm³/mol. The maximum atomic E-state index is 11.9. The summed E-state index contributed by atoms with van der Waals surface area (Å²) in [6, 6.07) is 10.2. The molecule has 1 N–H and O–H groups in total. The Hall–Kier alpha value is -2.06. The summed E-state index contributed by atoms with van der Waals surface area (Å²) in [4.78, 5) is 21.4. The van der Waals surface area contributed by atoms with E-state index in [1.54, 1.807) is 34.7 Å². The number of aryl methyl sites for hydroxylation is 1. The topological polar surface area (TPSA) is 72.2 Å². The van der Waals surface area contributed by atoms with Crippen molar-refractivity contribution in [2.45, 2.75) is 17.0 Å². The van der Waals surface area contributed by atoms with E-state index >= 15 is 0 Å². The molecular weight excluding hydrogens is 342 g/mol. The molecule has 0 saturated carbocycles. The van der Waals surface area contributed by atoms with Crippen LogP contribution in [0.1, 0.15) is 5.56 Å². The van der Waals surface area contributed by atoms with Crippen LogP contribution in [0.25, 0.3) is 5.78 Å². The van der Waals surface area contributed by atoms with Gasteiger partial charge < -0.3 is 5.32 Å². The van der Waals surface area contributed by atoms with Crippen LogP contribution in [-0.4, -0.2) is 43.5 Å². The molecule has 124 valence electrons. The molecule has 1 amide bonds. The summed E-state index contributed by atoms with van der Waals surface area (Å²) in [5.41, 5.74) is 1.25. The van der Waals surface area contributed by atoms with Crippen LogP contribution in [0.5, 0.6) is 0 Å². The molecule has 2 heterocycles. The number of benzene rings is 1. The Morgan fingerprint density at radius 3 is 2.88 bits per heavy atom. The predicted octanol–water partition coefficient (Wildman–Crippen LogP) is 2.43. The summed E-state index contributed by atoms with van der Waals surface area (Å²) in [5.74, 6) is 1.66. The molecule has 2 aromatic heterocycles. The fourth-order valence-corrected chi connectivity index (χ4v) is 3.37. The van der Waals surface area contributed by atoms with Gasteiger partial charge in [0.1, 0.15) is 0 Å². The van der Waals surface area contributed by atoms with Gasteiger partial charge in [-0.3, -0.25) is 4.79 Å². The molecule has 0 aliphatic heterocycles. The van der Waals surface area contributed by atoms with E-state index in [1.165, 1.54) is 22.2 Å². The number of nitrogens with one attached hydrogen (secondary N) is 1. The van der Waals surface area contributed by atoms with Gasteiger partial charge in [-0.1, -0.05) is 29.5 Å². The first-order valence-corrected chi connectivity index (χ1v) is 9.44. The highest BCUT2D eigenvalue weighted by Gasteiger charge is 2.08. The van der Waals surface area contributed by atoms with Gasteiger partial charge in [0, 0.05) is 29.6 Å². The van der Waals surface area contributed by atoms with Crippen molar-refractivity contribution in [3.63, 3.8) is 0 Å². The first-order chi connectivity index (χ1) is 11.7. The number of carbonyl (C=O) groups is 1. The average Bonchev–Trinajstić information content (AvgIpc) is 3.01. The fourth-order valence-electron chi connectivity index (χ4n) is 1.95. The zero-order valence-electron chi connectivity index (χ0n) is 13.2. The Morgan fingerprint density at radius 2 is 2.08 bits per heavy atom. The van der Waals surface area contributed by atoms with Crippen molar-refractivity contribution in [2.75, 3.05) is 18.1 Å². The number of rotatable bonds is 7. The Bertz CT molecular complexity index is 786. The van der Waals surface area contributed by atoms with Gasteiger partial charge in [0.25, 0.3) is 5.78 Å². The third kappa shape index (κ3) is 4.72. The molecule has 6 nitrogen and oxygen atoms in total. The van der Waals surface area contributed by atoms with Crippen LogP contribution in [0.2, 0.25) is 0 Å². The molecule has 3 aromatic rings. The Kier molecular flexibility index (Phi) is 5.71. The summed E-state index contributed by atoms with van der Waals surface area (Å²) in [5, 5.41) is 7.71. The lowest BCUT2D eigenvalue weighted by molar-refractivity contribution is -0.118. The van der Waals surface area contributed by atoms with Crippen LogP contribution < -0.4 is 5.32 Å². The zero-order valence-corrected chi connectivity index (χ0v) is 14.8. The maximum Gasteiger partial charge on any atom is 0.253 e. The van der Waals surface area contributed by atoms with E-state index in [9.17, 15) is 4.79 Å². The van der Waals surface area contributed by atoms with E-state index in [1.807, 2.05) is 0 Å². The molecule has 0 bridgehead atoms. The molecule has 0 saturated heterocycles. The normalized spacial score (nSPS) is 10.9. The second kappa shape index (κ2) is 8.16. The van der Waals surface area contributed by atoms with Gasteiger partial charge in [0.05, 0.1) is 5.75 Å². The van der Waals surface area contributed by atoms with Gasteiger partial charge in [-0.15, -0.1) is 16.9 Å². The molecule has 8 heteroatoms. The van der Waals surface area contributed by atoms with Gasteiger partial charge >= 0.3 is 0 Å². The van der Waals surface area contributed by atoms with Crippen LogP contribution in [0, 0.1) is 6.92 Å². The molecule has 0 atom stereocenters. The molecule has 0 aliphatic carbocycles. The number of carbonyl (C=O) groups excluding carboxylic acids is 1. The van der Waals surface area contributed by atoms with Crippen LogP contribution >= 0.6 is 23.5 Å². The summed E-state index contributed by atoms with van der Waals surface area (Å²) in [7, 11) is 0. The van der Waals surface area contributed by atoms with Crippen LogP contribution in [0.15, 0.2) is 52.8 Å². The van der Waals surface area contributed by atoms with Gasteiger partial charge in [-0.05, 0) is 25.1 Å². The van der Waals surface area contributed by atoms with Gasteiger partial charge in [0.15, 0.2) is 0 Å². The van der Waals surface area contributed by atoms with Crippen molar-refractivity contribution < 1.29 is 4.79 Å². The lowest BCUT2D eigenvalue weighted by atomic mass is 10.2. The first-order valence-electron chi connectivity index (χ1n) is 7.47. The highest BCUT2D eigenvalue weighted by molar-refractivity contribution is 7.99. The fraction of sp³-hybridized carbons (Fsp3) is 0.250. The van der Waals surface area contributed by atoms with E-state index < -0.39 is 0 Å². The minimum atomic E-state index is -0.0173. The molecule has 0 radical (unpaired) electrons. The van der Waals surface area contributed by atoms with E-state index in [0.29, 0.717) is 23.2 Å². The zero-order chi connectivity index (χ0) is 16.8. The summed E-state index contributed by atoms with van der Waals surface area (Å²) in [6.07, 6.45) is 3.44. The quantitative estimate of drug-likeness (QED) is 0.516. The number of hydrogen-bond acceptors (Lipinski definition) is 6.